The van der Waals surface area contributed by atoms with Gasteiger partial charge >= 0.3 is 0 Å². The lowest BCUT2D eigenvalue weighted by atomic mass is 9.94. The van der Waals surface area contributed by atoms with Crippen molar-refractivity contribution in [3.8, 4) is 0 Å². The Hall–Kier alpha value is -1.06. The van der Waals surface area contributed by atoms with Crippen molar-refractivity contribution in [3.63, 3.8) is 0 Å². The molecular formula is C15H20N2S. The molecule has 1 aromatic carbocycles. The van der Waals surface area contributed by atoms with Gasteiger partial charge in [-0.25, -0.2) is 0 Å². The fourth-order valence-electron chi connectivity index (χ4n) is 2.48. The van der Waals surface area contributed by atoms with Gasteiger partial charge in [0.1, 0.15) is 0 Å². The van der Waals surface area contributed by atoms with Gasteiger partial charge < -0.3 is 5.32 Å². The highest BCUT2D eigenvalue weighted by molar-refractivity contribution is 7.98. The number of rotatable bonds is 5. The lowest BCUT2D eigenvalue weighted by Gasteiger charge is -2.24. The highest BCUT2D eigenvalue weighted by atomic mass is 32.2. The summed E-state index contributed by atoms with van der Waals surface area (Å²) in [6, 6.07) is 10.9. The molecule has 2 nitrogen and oxygen atoms in total. The summed E-state index contributed by atoms with van der Waals surface area (Å²) in [6.45, 7) is 2.29. The Bertz CT molecular complexity index is 507. The van der Waals surface area contributed by atoms with Gasteiger partial charge in [-0.2, -0.15) is 11.8 Å². The van der Waals surface area contributed by atoms with Crippen molar-refractivity contribution in [2.24, 2.45) is 5.92 Å². The molecule has 96 valence electrons. The second-order valence-electron chi connectivity index (χ2n) is 4.62. The second-order valence-corrected chi connectivity index (χ2v) is 5.53. The smallest absolute Gasteiger partial charge is 0.0749 e. The van der Waals surface area contributed by atoms with Gasteiger partial charge in [-0.3, -0.25) is 4.98 Å². The van der Waals surface area contributed by atoms with Crippen molar-refractivity contribution < 1.29 is 0 Å². The van der Waals surface area contributed by atoms with E-state index in [2.05, 4.69) is 47.7 Å². The number of nitrogens with one attached hydrogen (secondary N) is 1. The molecule has 0 saturated carbocycles. The summed E-state index contributed by atoms with van der Waals surface area (Å²) in [6.07, 6.45) is 4.03. The van der Waals surface area contributed by atoms with E-state index >= 15 is 0 Å². The highest BCUT2D eigenvalue weighted by Crippen LogP contribution is 2.28. The first kappa shape index (κ1) is 13.4. The fraction of sp³-hybridized carbons (Fsp3) is 0.400. The molecule has 0 amide bonds. The molecule has 0 fully saturated rings. The first-order valence-corrected chi connectivity index (χ1v) is 7.67. The number of benzene rings is 1. The fourth-order valence-corrected chi connectivity index (χ4v) is 3.20. The Morgan fingerprint density at radius 1 is 1.28 bits per heavy atom. The molecule has 18 heavy (non-hydrogen) atoms. The quantitative estimate of drug-likeness (QED) is 0.890. The molecule has 2 unspecified atom stereocenters. The molecule has 3 heteroatoms. The number of aromatic nitrogens is 1. The van der Waals surface area contributed by atoms with E-state index in [4.69, 9.17) is 0 Å². The normalized spacial score (nSPS) is 14.6. The van der Waals surface area contributed by atoms with Crippen LogP contribution in [0.4, 0.5) is 0 Å². The minimum absolute atomic E-state index is 0.357. The molecule has 0 saturated heterocycles. The van der Waals surface area contributed by atoms with E-state index in [0.29, 0.717) is 12.0 Å². The monoisotopic (exact) mass is 260 g/mol. The maximum atomic E-state index is 4.55. The largest absolute Gasteiger partial charge is 0.313 e. The van der Waals surface area contributed by atoms with Crippen molar-refractivity contribution >= 4 is 22.7 Å². The van der Waals surface area contributed by atoms with Gasteiger partial charge in [-0.05, 0) is 36.6 Å². The average molecular weight is 260 g/mol. The zero-order chi connectivity index (χ0) is 13.0. The second kappa shape index (κ2) is 6.21. The standard InChI is InChI=1S/C15H20N2S/c1-11(10-18-3)14(16-2)13-8-4-6-12-7-5-9-17-15(12)13/h4-9,11,14,16H,10H2,1-3H3. The molecule has 1 aromatic heterocycles. The third-order valence-corrected chi connectivity index (χ3v) is 4.17. The lowest BCUT2D eigenvalue weighted by Crippen LogP contribution is -2.25. The minimum atomic E-state index is 0.357. The molecule has 0 radical (unpaired) electrons. The third-order valence-electron chi connectivity index (χ3n) is 3.31. The van der Waals surface area contributed by atoms with Crippen LogP contribution in [-0.2, 0) is 0 Å². The number of para-hydroxylation sites is 1. The Morgan fingerprint density at radius 3 is 2.78 bits per heavy atom. The Kier molecular flexibility index (Phi) is 4.61. The van der Waals surface area contributed by atoms with Crippen molar-refractivity contribution in [1.82, 2.24) is 10.3 Å². The SMILES string of the molecule is CNC(c1cccc2cccnc12)C(C)CSC. The predicted molar refractivity (Wildman–Crippen MR) is 81.1 cm³/mol. The molecule has 2 atom stereocenters. The summed E-state index contributed by atoms with van der Waals surface area (Å²) >= 11 is 1.89. The van der Waals surface area contributed by atoms with E-state index in [1.165, 1.54) is 10.9 Å². The molecular weight excluding hydrogens is 240 g/mol. The third kappa shape index (κ3) is 2.68. The van der Waals surface area contributed by atoms with Crippen LogP contribution in [0.25, 0.3) is 10.9 Å². The van der Waals surface area contributed by atoms with Crippen LogP contribution < -0.4 is 5.32 Å². The van der Waals surface area contributed by atoms with Crippen LogP contribution in [0, 0.1) is 5.92 Å². The Morgan fingerprint density at radius 2 is 2.06 bits per heavy atom. The summed E-state index contributed by atoms with van der Waals surface area (Å²) < 4.78 is 0. The average Bonchev–Trinajstić information content (AvgIpc) is 2.40. The van der Waals surface area contributed by atoms with Gasteiger partial charge in [0.25, 0.3) is 0 Å². The van der Waals surface area contributed by atoms with E-state index in [9.17, 15) is 0 Å². The molecule has 0 bridgehead atoms. The maximum absolute atomic E-state index is 4.55. The van der Waals surface area contributed by atoms with Crippen LogP contribution in [-0.4, -0.2) is 24.0 Å². The van der Waals surface area contributed by atoms with Crippen LogP contribution >= 0.6 is 11.8 Å². The summed E-state index contributed by atoms with van der Waals surface area (Å²) in [5.74, 6) is 1.73. The molecule has 1 N–H and O–H groups in total. The Labute approximate surface area is 113 Å². The highest BCUT2D eigenvalue weighted by Gasteiger charge is 2.19. The van der Waals surface area contributed by atoms with Crippen LogP contribution in [0.15, 0.2) is 36.5 Å². The van der Waals surface area contributed by atoms with Crippen molar-refractivity contribution in [2.75, 3.05) is 19.1 Å². The summed E-state index contributed by atoms with van der Waals surface area (Å²) in [7, 11) is 2.03. The number of hydrogen-bond donors (Lipinski definition) is 1. The number of pyridine rings is 1. The van der Waals surface area contributed by atoms with E-state index in [-0.39, 0.29) is 0 Å². The minimum Gasteiger partial charge on any atom is -0.313 e. The van der Waals surface area contributed by atoms with Crippen LogP contribution in [0.5, 0.6) is 0 Å². The van der Waals surface area contributed by atoms with E-state index in [1.54, 1.807) is 0 Å². The maximum Gasteiger partial charge on any atom is 0.0749 e. The van der Waals surface area contributed by atoms with Gasteiger partial charge in [0.05, 0.1) is 5.52 Å². The molecule has 0 aliphatic rings. The molecule has 0 spiro atoms. The van der Waals surface area contributed by atoms with E-state index in [1.807, 2.05) is 31.1 Å². The molecule has 1 heterocycles. The Balaban J connectivity index is 2.44. The van der Waals surface area contributed by atoms with Crippen LogP contribution in [0.3, 0.4) is 0 Å². The molecule has 2 aromatic rings. The molecule has 0 aliphatic heterocycles. The molecule has 2 rings (SSSR count). The predicted octanol–water partition coefficient (Wildman–Crippen LogP) is 3.49. The van der Waals surface area contributed by atoms with Gasteiger partial charge in [0.2, 0.25) is 0 Å². The van der Waals surface area contributed by atoms with E-state index < -0.39 is 0 Å². The number of thioether (sulfide) groups is 1. The van der Waals surface area contributed by atoms with Crippen molar-refractivity contribution in [1.29, 1.82) is 0 Å². The molecule has 0 aliphatic carbocycles. The summed E-state index contributed by atoms with van der Waals surface area (Å²) in [5, 5.41) is 4.66. The summed E-state index contributed by atoms with van der Waals surface area (Å²) in [5.41, 5.74) is 2.42. The number of fused-ring (bicyclic) bond motifs is 1. The lowest BCUT2D eigenvalue weighted by molar-refractivity contribution is 0.452. The first-order valence-electron chi connectivity index (χ1n) is 6.27. The van der Waals surface area contributed by atoms with Gasteiger partial charge in [0, 0.05) is 17.6 Å². The zero-order valence-corrected chi connectivity index (χ0v) is 12.0. The van der Waals surface area contributed by atoms with Gasteiger partial charge in [-0.15, -0.1) is 0 Å². The van der Waals surface area contributed by atoms with E-state index in [0.717, 1.165) is 11.3 Å². The van der Waals surface area contributed by atoms with Crippen molar-refractivity contribution in [3.05, 3.63) is 42.1 Å². The van der Waals surface area contributed by atoms with Crippen LogP contribution in [0.2, 0.25) is 0 Å². The van der Waals surface area contributed by atoms with Gasteiger partial charge in [-0.1, -0.05) is 31.2 Å². The van der Waals surface area contributed by atoms with Crippen molar-refractivity contribution in [2.45, 2.75) is 13.0 Å². The number of nitrogens with zero attached hydrogens (tertiary/aromatic N) is 1. The first-order chi connectivity index (χ1) is 8.77. The van der Waals surface area contributed by atoms with Gasteiger partial charge in [0.15, 0.2) is 0 Å². The zero-order valence-electron chi connectivity index (χ0n) is 11.2. The van der Waals surface area contributed by atoms with Crippen LogP contribution in [0.1, 0.15) is 18.5 Å². The summed E-state index contributed by atoms with van der Waals surface area (Å²) in [4.78, 5) is 4.55. The number of hydrogen-bond acceptors (Lipinski definition) is 3. The topological polar surface area (TPSA) is 24.9 Å².